The smallest absolute Gasteiger partial charge is 0.210 e. The molecule has 1 aliphatic carbocycles. The Bertz CT molecular complexity index is 4480. The molecule has 9 aromatic rings. The molecule has 0 saturated heterocycles. The maximum atomic E-state index is 11.6. The van der Waals surface area contributed by atoms with Gasteiger partial charge in [-0.15, -0.1) is 0 Å². The van der Waals surface area contributed by atoms with Crippen LogP contribution in [0.5, 0.6) is 17.2 Å². The first kappa shape index (κ1) is 60.3. The number of Topliss-reactive ketones (excluding diaryl/α,β-unsaturated/α-hetero) is 1. The summed E-state index contributed by atoms with van der Waals surface area (Å²) >= 11 is 0. The number of carbonyl (C=O) groups is 1. The van der Waals surface area contributed by atoms with E-state index in [1.807, 2.05) is 18.2 Å². The van der Waals surface area contributed by atoms with Gasteiger partial charge in [-0.3, -0.25) is 0 Å². The van der Waals surface area contributed by atoms with Crippen LogP contribution in [0, 0.1) is 27.7 Å². The first-order valence-electron chi connectivity index (χ1n) is 32.1. The van der Waals surface area contributed by atoms with Gasteiger partial charge in [0.15, 0.2) is 5.71 Å². The molecule has 2 aliphatic heterocycles. The summed E-state index contributed by atoms with van der Waals surface area (Å²) in [5.41, 5.74) is 25.3. The number of likely N-dealkylation sites (N-methyl/N-ethyl adjacent to an activating group) is 1. The summed E-state index contributed by atoms with van der Waals surface area (Å²) in [4.78, 5) is 14.0. The number of phenols is 1. The van der Waals surface area contributed by atoms with Crippen molar-refractivity contribution in [3.05, 3.63) is 266 Å². The average Bonchev–Trinajstić information content (AvgIpc) is 1.67. The highest BCUT2D eigenvalue weighted by molar-refractivity contribution is 6.08. The zero-order valence-corrected chi connectivity index (χ0v) is 54.3. The molecular weight excluding hydrogens is 1090 g/mol. The fraction of sp³-hybridized carbons (Fsp3) is 0.277. The van der Waals surface area contributed by atoms with Crippen LogP contribution in [0.1, 0.15) is 135 Å². The van der Waals surface area contributed by atoms with Gasteiger partial charge in [-0.1, -0.05) is 130 Å². The van der Waals surface area contributed by atoms with E-state index in [9.17, 15) is 9.90 Å². The number of rotatable bonds is 17. The van der Waals surface area contributed by atoms with Crippen LogP contribution < -0.4 is 14.4 Å². The third-order valence-corrected chi connectivity index (χ3v) is 19.8. The summed E-state index contributed by atoms with van der Waals surface area (Å²) in [6.45, 7) is 22.9. The number of ether oxygens (including phenoxy) is 2. The van der Waals surface area contributed by atoms with Crippen LogP contribution in [-0.4, -0.2) is 41.9 Å². The molecule has 1 N–H and O–H groups in total. The van der Waals surface area contributed by atoms with E-state index in [-0.39, 0.29) is 22.4 Å². The lowest BCUT2D eigenvalue weighted by atomic mass is 9.78. The van der Waals surface area contributed by atoms with Crippen LogP contribution in [0.2, 0.25) is 0 Å². The SMILES string of the molecule is CCc1cc(-c2cccc(OCCCC(C)=O)c2)cc(Cc2cc(-c3cccc(O)c3)cc(Cc3cc(OC4=C(/C=C/C5=[N+](C)c6ccc7ccccc7c6C5(C)C)CCC/C4=C\C=C4\N(C)c5ccc6ccccc6c5C4(C)C)cc(C)c3C)c2C)c1C. The van der Waals surface area contributed by atoms with Gasteiger partial charge in [0.1, 0.15) is 35.8 Å². The van der Waals surface area contributed by atoms with Gasteiger partial charge in [0.05, 0.1) is 12.0 Å². The number of hydrogen-bond acceptors (Lipinski definition) is 5. The van der Waals surface area contributed by atoms with Gasteiger partial charge in [-0.25, -0.2) is 0 Å². The molecule has 0 fully saturated rings. The number of anilines is 1. The van der Waals surface area contributed by atoms with Crippen molar-refractivity contribution in [1.82, 2.24) is 0 Å². The molecule has 0 amide bonds. The van der Waals surface area contributed by atoms with Crippen molar-refractivity contribution in [3.63, 3.8) is 0 Å². The third kappa shape index (κ3) is 11.7. The molecule has 89 heavy (non-hydrogen) atoms. The monoisotopic (exact) mass is 1170 g/mol. The number of hydrogen-bond donors (Lipinski definition) is 1. The number of benzene rings is 9. The van der Waals surface area contributed by atoms with Crippen molar-refractivity contribution in [2.24, 2.45) is 0 Å². The number of allylic oxidation sites excluding steroid dienone is 7. The number of carbonyl (C=O) groups excluding carboxylic acids is 1. The summed E-state index contributed by atoms with van der Waals surface area (Å²) in [6, 6.07) is 56.5. The standard InChI is InChI=1S/C83H84N2O4/c1-13-57-43-68(63-28-20-30-71(50-63)88-41-21-22-53(3)86)46-64(55(57)5)44-65-47-69(62-27-19-29-70(87)49-62)48-66(56(65)6)45-67-51-72(42-52(2)54(67)4)89-81-60(35-39-77-82(7,8)79-73-31-16-14-23-58(73)33-37-75(79)84(77)11)25-18-26-61(81)36-40-78-83(9,10)80-74-32-17-15-24-59(74)34-38-76(80)85(78)12/h14-17,19-20,23-24,27-40,42-43,46-51H,13,18,21-22,25-26,41,44-45H2,1-12H3/p+1. The number of aromatic hydroxyl groups is 1. The summed E-state index contributed by atoms with van der Waals surface area (Å²) in [5.74, 6) is 2.99. The van der Waals surface area contributed by atoms with E-state index < -0.39 is 0 Å². The van der Waals surface area contributed by atoms with Gasteiger partial charge in [0.2, 0.25) is 5.69 Å². The van der Waals surface area contributed by atoms with Crippen LogP contribution in [-0.2, 0) is 34.9 Å². The lowest BCUT2D eigenvalue weighted by molar-refractivity contribution is -0.401. The summed E-state index contributed by atoms with van der Waals surface area (Å²) in [7, 11) is 4.43. The minimum atomic E-state index is -0.236. The second-order valence-corrected chi connectivity index (χ2v) is 26.3. The molecule has 9 aromatic carbocycles. The number of aryl methyl sites for hydroxylation is 2. The minimum absolute atomic E-state index is 0.179. The molecule has 6 heteroatoms. The first-order chi connectivity index (χ1) is 42.8. The minimum Gasteiger partial charge on any atom is -0.508 e. The predicted molar refractivity (Wildman–Crippen MR) is 371 cm³/mol. The summed E-state index contributed by atoms with van der Waals surface area (Å²) in [5, 5.41) is 16.0. The molecule has 0 aromatic heterocycles. The fourth-order valence-corrected chi connectivity index (χ4v) is 14.7. The Balaban J connectivity index is 0.930. The van der Waals surface area contributed by atoms with Crippen LogP contribution in [0.4, 0.5) is 11.4 Å². The van der Waals surface area contributed by atoms with Crippen molar-refractivity contribution in [2.75, 3.05) is 25.6 Å². The molecule has 0 bridgehead atoms. The molecular formula is C83H85N2O4+. The number of phenolic OH excluding ortho intramolecular Hbond substituents is 1. The predicted octanol–water partition coefficient (Wildman–Crippen LogP) is 20.1. The molecule has 2 heterocycles. The molecule has 0 saturated carbocycles. The van der Waals surface area contributed by atoms with Gasteiger partial charge in [-0.05, 0) is 265 Å². The van der Waals surface area contributed by atoms with E-state index >= 15 is 0 Å². The van der Waals surface area contributed by atoms with Crippen molar-refractivity contribution in [1.29, 1.82) is 0 Å². The first-order valence-corrected chi connectivity index (χ1v) is 32.1. The zero-order chi connectivity index (χ0) is 62.5. The number of ketones is 1. The van der Waals surface area contributed by atoms with Crippen molar-refractivity contribution in [3.8, 4) is 39.5 Å². The quantitative estimate of drug-likeness (QED) is 0.0727. The Hall–Kier alpha value is -9.00. The second-order valence-electron chi connectivity index (χ2n) is 26.3. The summed E-state index contributed by atoms with van der Waals surface area (Å²) in [6.07, 6.45) is 15.8. The highest BCUT2D eigenvalue weighted by Crippen LogP contribution is 2.51. The average molecular weight is 1170 g/mol. The Labute approximate surface area is 527 Å². The largest absolute Gasteiger partial charge is 0.508 e. The molecule has 0 unspecified atom stereocenters. The van der Waals surface area contributed by atoms with Gasteiger partial charge < -0.3 is 24.3 Å². The van der Waals surface area contributed by atoms with Gasteiger partial charge >= 0.3 is 0 Å². The third-order valence-electron chi connectivity index (χ3n) is 19.8. The number of fused-ring (bicyclic) bond motifs is 6. The Morgan fingerprint density at radius 2 is 1.24 bits per heavy atom. The van der Waals surface area contributed by atoms with Crippen LogP contribution >= 0.6 is 0 Å². The van der Waals surface area contributed by atoms with E-state index in [0.29, 0.717) is 25.9 Å². The maximum Gasteiger partial charge on any atom is 0.210 e. The van der Waals surface area contributed by atoms with E-state index in [1.165, 1.54) is 117 Å². The Kier molecular flexibility index (Phi) is 16.6. The van der Waals surface area contributed by atoms with Crippen molar-refractivity contribution in [2.45, 2.75) is 131 Å². The summed E-state index contributed by atoms with van der Waals surface area (Å²) < 4.78 is 16.1. The molecule has 3 aliphatic rings. The highest BCUT2D eigenvalue weighted by atomic mass is 16.5. The van der Waals surface area contributed by atoms with Gasteiger partial charge in [0.25, 0.3) is 0 Å². The van der Waals surface area contributed by atoms with Crippen molar-refractivity contribution >= 4 is 44.4 Å². The van der Waals surface area contributed by atoms with Gasteiger partial charge in [-0.2, -0.15) is 4.58 Å². The van der Waals surface area contributed by atoms with E-state index in [0.717, 1.165) is 71.6 Å². The van der Waals surface area contributed by atoms with Crippen LogP contribution in [0.3, 0.4) is 0 Å². The molecule has 6 nitrogen and oxygen atoms in total. The van der Waals surface area contributed by atoms with E-state index in [4.69, 9.17) is 9.47 Å². The topological polar surface area (TPSA) is 62.0 Å². The van der Waals surface area contributed by atoms with Gasteiger partial charge in [0, 0.05) is 48.0 Å². The lowest BCUT2D eigenvalue weighted by Gasteiger charge is -2.26. The molecule has 0 spiro atoms. The maximum absolute atomic E-state index is 11.6. The highest BCUT2D eigenvalue weighted by Gasteiger charge is 2.44. The fourth-order valence-electron chi connectivity index (χ4n) is 14.7. The van der Waals surface area contributed by atoms with Crippen LogP contribution in [0.25, 0.3) is 43.8 Å². The second kappa shape index (κ2) is 24.5. The number of nitrogens with zero attached hydrogens (tertiary/aromatic N) is 2. The zero-order valence-electron chi connectivity index (χ0n) is 54.3. The van der Waals surface area contributed by atoms with Crippen LogP contribution in [0.15, 0.2) is 205 Å². The van der Waals surface area contributed by atoms with E-state index in [2.05, 4.69) is 244 Å². The molecule has 0 atom stereocenters. The molecule has 0 radical (unpaired) electrons. The van der Waals surface area contributed by atoms with E-state index in [1.54, 1.807) is 13.0 Å². The van der Waals surface area contributed by atoms with Crippen molar-refractivity contribution < 1.29 is 24.0 Å². The Morgan fingerprint density at radius 3 is 1.91 bits per heavy atom. The molecule has 12 rings (SSSR count). The Morgan fingerprint density at radius 1 is 0.618 bits per heavy atom. The lowest BCUT2D eigenvalue weighted by Crippen LogP contribution is -2.27. The molecule has 450 valence electrons. The normalized spacial score (nSPS) is 16.2.